The highest BCUT2D eigenvalue weighted by atomic mass is 16.6. The van der Waals surface area contributed by atoms with Crippen molar-refractivity contribution in [2.24, 2.45) is 28.9 Å². The molecule has 1 spiro atoms. The SMILES string of the molecule is C=C(/C=C/C=C(/CO)[C@H]1C[C@H]2CCC[C@@]3(O)CC/C(=C(/C)C(=O)Cc4cccc5c4OC(=O)N[C@@H]5N)[C@@H](CCCO)[C@@]23[C@@H]1O)CCC=C(C)C. The predicted octanol–water partition coefficient (Wildman–Crippen LogP) is 6.03. The van der Waals surface area contributed by atoms with E-state index in [0.717, 1.165) is 42.4 Å². The van der Waals surface area contributed by atoms with E-state index in [4.69, 9.17) is 10.5 Å². The average molecular weight is 689 g/mol. The first-order valence-electron chi connectivity index (χ1n) is 18.3. The van der Waals surface area contributed by atoms with Crippen LogP contribution in [0.25, 0.3) is 0 Å². The first kappa shape index (κ1) is 37.9. The first-order chi connectivity index (χ1) is 23.9. The molecule has 1 amide bonds. The largest absolute Gasteiger partial charge is 0.414 e. The molecule has 0 aromatic heterocycles. The molecule has 50 heavy (non-hydrogen) atoms. The van der Waals surface area contributed by atoms with Crippen LogP contribution in [-0.2, 0) is 11.2 Å². The number of amides is 1. The minimum atomic E-state index is -1.15. The van der Waals surface area contributed by atoms with Crippen LogP contribution in [0.15, 0.2) is 76.9 Å². The third-order valence-electron chi connectivity index (χ3n) is 12.0. The van der Waals surface area contributed by atoms with Crippen LogP contribution >= 0.6 is 0 Å². The van der Waals surface area contributed by atoms with Gasteiger partial charge in [0.2, 0.25) is 0 Å². The Morgan fingerprint density at radius 3 is 2.70 bits per heavy atom. The minimum Gasteiger partial charge on any atom is -0.410 e. The number of nitrogens with two attached hydrogens (primary N) is 1. The standard InChI is InChI=1S/C41H56N2O7/c1-25(2)10-5-11-26(3)12-6-14-29(24-45)33-23-30-15-8-19-40(49)20-18-31(34(17-9-21-44)41(30,40)37(33)47)27(4)35(46)22-28-13-7-16-32-36(28)50-39(48)43-38(32)42/h6-7,10,12-14,16,30,33-34,37-38,44-45,47,49H,3,5,8-9,11,15,17-24,42H2,1-2,4H3,(H,43,48)/b12-6+,29-14-,31-27+/t30-,33-,34-,37-,38+,40-,41-/m1/s1. The van der Waals surface area contributed by atoms with E-state index < -0.39 is 29.4 Å². The lowest BCUT2D eigenvalue weighted by atomic mass is 9.45. The summed E-state index contributed by atoms with van der Waals surface area (Å²) in [7, 11) is 0. The maximum Gasteiger partial charge on any atom is 0.414 e. The van der Waals surface area contributed by atoms with Gasteiger partial charge in [0, 0.05) is 35.5 Å². The molecule has 3 aliphatic carbocycles. The van der Waals surface area contributed by atoms with E-state index in [1.807, 2.05) is 25.2 Å². The summed E-state index contributed by atoms with van der Waals surface area (Å²) in [5.74, 6) is -0.564. The maximum absolute atomic E-state index is 14.1. The van der Waals surface area contributed by atoms with Crippen molar-refractivity contribution in [2.45, 2.75) is 109 Å². The molecule has 3 fully saturated rings. The summed E-state index contributed by atoms with van der Waals surface area (Å²) >= 11 is 0. The highest BCUT2D eigenvalue weighted by molar-refractivity contribution is 5.97. The minimum absolute atomic E-state index is 0.000461. The molecule has 1 aromatic carbocycles. The number of benzene rings is 1. The Kier molecular flexibility index (Phi) is 12.1. The Labute approximate surface area is 296 Å². The summed E-state index contributed by atoms with van der Waals surface area (Å²) in [4.78, 5) is 26.2. The quantitative estimate of drug-likeness (QED) is 0.0832. The van der Waals surface area contributed by atoms with E-state index >= 15 is 0 Å². The first-order valence-corrected chi connectivity index (χ1v) is 18.3. The number of fused-ring (bicyclic) bond motifs is 1. The highest BCUT2D eigenvalue weighted by Gasteiger charge is 2.70. The van der Waals surface area contributed by atoms with Gasteiger partial charge in [-0.05, 0) is 102 Å². The van der Waals surface area contributed by atoms with E-state index in [9.17, 15) is 30.0 Å². The molecule has 272 valence electrons. The smallest absolute Gasteiger partial charge is 0.410 e. The fraction of sp³-hybridized carbons (Fsp3) is 0.561. The topological polar surface area (TPSA) is 162 Å². The van der Waals surface area contributed by atoms with Crippen LogP contribution in [0.2, 0.25) is 0 Å². The molecule has 9 nitrogen and oxygen atoms in total. The lowest BCUT2D eigenvalue weighted by Gasteiger charge is -2.61. The third-order valence-corrected chi connectivity index (χ3v) is 12.0. The van der Waals surface area contributed by atoms with E-state index in [1.54, 1.807) is 18.2 Å². The van der Waals surface area contributed by atoms with Gasteiger partial charge < -0.3 is 36.2 Å². The number of allylic oxidation sites excluding steroid dienone is 8. The summed E-state index contributed by atoms with van der Waals surface area (Å²) in [6.45, 7) is 9.87. The molecule has 4 aliphatic rings. The molecule has 1 aromatic rings. The summed E-state index contributed by atoms with van der Waals surface area (Å²) in [5, 5.41) is 48.3. The molecular weight excluding hydrogens is 632 g/mol. The second-order valence-corrected chi connectivity index (χ2v) is 15.1. The number of carbonyl (C=O) groups is 2. The van der Waals surface area contributed by atoms with Crippen molar-refractivity contribution < 1.29 is 34.8 Å². The van der Waals surface area contributed by atoms with Gasteiger partial charge in [-0.15, -0.1) is 0 Å². The molecule has 0 radical (unpaired) electrons. The van der Waals surface area contributed by atoms with Crippen LogP contribution in [0, 0.1) is 23.2 Å². The number of nitrogens with one attached hydrogen (secondary N) is 1. The lowest BCUT2D eigenvalue weighted by Crippen LogP contribution is -2.65. The van der Waals surface area contributed by atoms with Crippen LogP contribution in [0.1, 0.15) is 102 Å². The number of ether oxygens (including phenoxy) is 1. The zero-order valence-electron chi connectivity index (χ0n) is 29.9. The van der Waals surface area contributed by atoms with Gasteiger partial charge in [-0.1, -0.05) is 72.2 Å². The highest BCUT2D eigenvalue weighted by Crippen LogP contribution is 2.69. The number of ketones is 1. The van der Waals surface area contributed by atoms with Gasteiger partial charge in [-0.2, -0.15) is 0 Å². The molecule has 0 bridgehead atoms. The van der Waals surface area contributed by atoms with E-state index in [0.29, 0.717) is 61.0 Å². The van der Waals surface area contributed by atoms with E-state index in [2.05, 4.69) is 31.8 Å². The van der Waals surface area contributed by atoms with Gasteiger partial charge in [-0.3, -0.25) is 4.79 Å². The molecule has 7 atom stereocenters. The Bertz CT molecular complexity index is 1590. The summed E-state index contributed by atoms with van der Waals surface area (Å²) in [6, 6.07) is 5.32. The number of hydrogen-bond acceptors (Lipinski definition) is 8. The molecule has 1 heterocycles. The normalized spacial score (nSPS) is 31.6. The summed E-state index contributed by atoms with van der Waals surface area (Å²) < 4.78 is 5.47. The third kappa shape index (κ3) is 7.21. The summed E-state index contributed by atoms with van der Waals surface area (Å²) in [5.41, 5.74) is 9.66. The number of aliphatic hydroxyl groups is 4. The predicted molar refractivity (Wildman–Crippen MR) is 194 cm³/mol. The fourth-order valence-electron chi connectivity index (χ4n) is 9.70. The molecule has 0 unspecified atom stereocenters. The lowest BCUT2D eigenvalue weighted by molar-refractivity contribution is -0.215. The van der Waals surface area contributed by atoms with E-state index in [-0.39, 0.29) is 43.2 Å². The summed E-state index contributed by atoms with van der Waals surface area (Å²) in [6.07, 6.45) is 12.1. The second-order valence-electron chi connectivity index (χ2n) is 15.1. The molecule has 9 heteroatoms. The van der Waals surface area contributed by atoms with Crippen molar-refractivity contribution in [2.75, 3.05) is 13.2 Å². The van der Waals surface area contributed by atoms with Crippen molar-refractivity contribution in [3.05, 3.63) is 88.1 Å². The number of aliphatic hydroxyl groups excluding tert-OH is 3. The monoisotopic (exact) mass is 688 g/mol. The van der Waals surface area contributed by atoms with Gasteiger partial charge in [0.25, 0.3) is 0 Å². The Hall–Kier alpha value is -3.34. The molecule has 3 saturated carbocycles. The van der Waals surface area contributed by atoms with Crippen LogP contribution in [-0.4, -0.2) is 57.2 Å². The van der Waals surface area contributed by atoms with Crippen LogP contribution in [0.4, 0.5) is 4.79 Å². The molecule has 0 saturated heterocycles. The molecular formula is C41H56N2O7. The maximum atomic E-state index is 14.1. The van der Waals surface area contributed by atoms with Crippen molar-refractivity contribution in [1.29, 1.82) is 0 Å². The van der Waals surface area contributed by atoms with Gasteiger partial charge in [0.1, 0.15) is 11.9 Å². The van der Waals surface area contributed by atoms with Gasteiger partial charge in [0.15, 0.2) is 5.78 Å². The fourth-order valence-corrected chi connectivity index (χ4v) is 9.70. The number of Topliss-reactive ketones (excluding diaryl/α,β-unsaturated/α-hetero) is 1. The van der Waals surface area contributed by atoms with Crippen molar-refractivity contribution in [1.82, 2.24) is 5.32 Å². The van der Waals surface area contributed by atoms with Crippen molar-refractivity contribution in [3.63, 3.8) is 0 Å². The zero-order valence-corrected chi connectivity index (χ0v) is 29.9. The van der Waals surface area contributed by atoms with Gasteiger partial charge in [0.05, 0.1) is 18.3 Å². The Balaban J connectivity index is 1.49. The van der Waals surface area contributed by atoms with Crippen LogP contribution in [0.5, 0.6) is 5.75 Å². The average Bonchev–Trinajstić information content (AvgIpc) is 3.37. The molecule has 7 N–H and O–H groups in total. The molecule has 5 rings (SSSR count). The Morgan fingerprint density at radius 1 is 1.20 bits per heavy atom. The zero-order chi connectivity index (χ0) is 36.2. The number of para-hydroxylation sites is 1. The van der Waals surface area contributed by atoms with Crippen LogP contribution in [0.3, 0.4) is 0 Å². The van der Waals surface area contributed by atoms with E-state index in [1.165, 1.54) is 5.57 Å². The van der Waals surface area contributed by atoms with Crippen molar-refractivity contribution in [3.8, 4) is 5.75 Å². The van der Waals surface area contributed by atoms with Crippen LogP contribution < -0.4 is 15.8 Å². The van der Waals surface area contributed by atoms with Crippen molar-refractivity contribution >= 4 is 11.9 Å². The molecule has 1 aliphatic heterocycles. The second kappa shape index (κ2) is 15.9. The Morgan fingerprint density at radius 2 is 1.98 bits per heavy atom. The van der Waals surface area contributed by atoms with Gasteiger partial charge in [-0.25, -0.2) is 4.79 Å². The van der Waals surface area contributed by atoms with Gasteiger partial charge >= 0.3 is 6.09 Å². The number of hydrogen-bond donors (Lipinski definition) is 6. The number of carbonyl (C=O) groups excluding carboxylic acids is 2. The number of rotatable bonds is 13.